The molecular weight excluding hydrogens is 379 g/mol. The van der Waals surface area contributed by atoms with Gasteiger partial charge in [0.2, 0.25) is 0 Å². The molecule has 3 aromatic rings. The minimum Gasteiger partial charge on any atom is -0.302 e. The molecule has 2 saturated carbocycles. The lowest BCUT2D eigenvalue weighted by atomic mass is 10.2. The quantitative estimate of drug-likeness (QED) is 0.670. The summed E-state index contributed by atoms with van der Waals surface area (Å²) in [5.41, 5.74) is 1.51. The predicted octanol–water partition coefficient (Wildman–Crippen LogP) is 3.71. The number of hydrogen-bond acceptors (Lipinski definition) is 6. The minimum atomic E-state index is -4.62. The van der Waals surface area contributed by atoms with Gasteiger partial charge in [-0.2, -0.15) is 22.8 Å². The standard InChI is InChI=1S/C16H16F3N7S/c1-7-8(2)13(24-26-11(7)20-22-14(26)16(17,18)19)27-15-23-21-12(9-3-4-9)25(15)10-5-6-10/h9-10H,3-6H2,1-2H3. The predicted molar refractivity (Wildman–Crippen MR) is 89.6 cm³/mol. The molecular formula is C16H16F3N7S. The second kappa shape index (κ2) is 5.66. The Morgan fingerprint density at radius 1 is 0.963 bits per heavy atom. The Kier molecular flexibility index (Phi) is 3.56. The number of aryl methyl sites for hydroxylation is 1. The van der Waals surface area contributed by atoms with Gasteiger partial charge in [0.25, 0.3) is 5.82 Å². The van der Waals surface area contributed by atoms with E-state index in [-0.39, 0.29) is 5.65 Å². The molecule has 5 rings (SSSR count). The van der Waals surface area contributed by atoms with Crippen LogP contribution in [0.2, 0.25) is 0 Å². The maximum Gasteiger partial charge on any atom is 0.453 e. The molecule has 142 valence electrons. The van der Waals surface area contributed by atoms with Crippen molar-refractivity contribution in [1.82, 2.24) is 34.6 Å². The number of alkyl halides is 3. The van der Waals surface area contributed by atoms with Gasteiger partial charge >= 0.3 is 6.18 Å². The van der Waals surface area contributed by atoms with Crippen LogP contribution in [0.5, 0.6) is 0 Å². The van der Waals surface area contributed by atoms with Gasteiger partial charge in [0.1, 0.15) is 10.9 Å². The van der Waals surface area contributed by atoms with Crippen LogP contribution in [-0.4, -0.2) is 34.6 Å². The molecule has 7 nitrogen and oxygen atoms in total. The summed E-state index contributed by atoms with van der Waals surface area (Å²) in [6.45, 7) is 3.55. The number of hydrogen-bond donors (Lipinski definition) is 0. The molecule has 0 spiro atoms. The molecule has 2 aliphatic carbocycles. The minimum absolute atomic E-state index is 0.117. The van der Waals surface area contributed by atoms with Gasteiger partial charge in [-0.15, -0.1) is 20.4 Å². The van der Waals surface area contributed by atoms with Crippen LogP contribution in [-0.2, 0) is 6.18 Å². The Balaban J connectivity index is 1.60. The van der Waals surface area contributed by atoms with Crippen LogP contribution in [0, 0.1) is 13.8 Å². The zero-order valence-corrected chi connectivity index (χ0v) is 15.5. The maximum atomic E-state index is 13.2. The van der Waals surface area contributed by atoms with E-state index in [2.05, 4.69) is 30.1 Å². The van der Waals surface area contributed by atoms with E-state index in [0.717, 1.165) is 41.6 Å². The smallest absolute Gasteiger partial charge is 0.302 e. The summed E-state index contributed by atoms with van der Waals surface area (Å²) in [7, 11) is 0. The fourth-order valence-corrected chi connectivity index (χ4v) is 4.14. The van der Waals surface area contributed by atoms with Crippen molar-refractivity contribution in [3.63, 3.8) is 0 Å². The zero-order valence-electron chi connectivity index (χ0n) is 14.7. The first-order valence-corrected chi connectivity index (χ1v) is 9.58. The first-order valence-electron chi connectivity index (χ1n) is 8.77. The van der Waals surface area contributed by atoms with Crippen molar-refractivity contribution in [2.24, 2.45) is 0 Å². The highest BCUT2D eigenvalue weighted by Crippen LogP contribution is 2.47. The molecule has 27 heavy (non-hydrogen) atoms. The number of aromatic nitrogens is 7. The summed E-state index contributed by atoms with van der Waals surface area (Å²) in [4.78, 5) is 0. The number of nitrogens with zero attached hydrogens (tertiary/aromatic N) is 7. The topological polar surface area (TPSA) is 73.8 Å². The van der Waals surface area contributed by atoms with E-state index in [1.807, 2.05) is 6.92 Å². The van der Waals surface area contributed by atoms with E-state index < -0.39 is 12.0 Å². The molecule has 0 aromatic carbocycles. The monoisotopic (exact) mass is 395 g/mol. The van der Waals surface area contributed by atoms with Crippen molar-refractivity contribution in [2.75, 3.05) is 0 Å². The Labute approximate surface area is 156 Å². The van der Waals surface area contributed by atoms with Gasteiger partial charge in [0.15, 0.2) is 10.8 Å². The molecule has 3 heterocycles. The van der Waals surface area contributed by atoms with Crippen molar-refractivity contribution in [3.8, 4) is 0 Å². The summed E-state index contributed by atoms with van der Waals surface area (Å²) >= 11 is 1.26. The summed E-state index contributed by atoms with van der Waals surface area (Å²) in [6.07, 6.45) is -0.219. The van der Waals surface area contributed by atoms with Crippen LogP contribution >= 0.6 is 11.8 Å². The SMILES string of the molecule is Cc1c(Sc2nnc(C3CC3)n2C2CC2)nn2c(C(F)(F)F)nnc2c1C. The Hall–Kier alpha value is -2.17. The summed E-state index contributed by atoms with van der Waals surface area (Å²) in [6, 6.07) is 0.392. The van der Waals surface area contributed by atoms with E-state index in [1.165, 1.54) is 11.8 Å². The lowest BCUT2D eigenvalue weighted by molar-refractivity contribution is -0.146. The van der Waals surface area contributed by atoms with Crippen LogP contribution in [0.4, 0.5) is 13.2 Å². The fraction of sp³-hybridized carbons (Fsp3) is 0.562. The summed E-state index contributed by atoms with van der Waals surface area (Å²) in [5, 5.41) is 21.0. The van der Waals surface area contributed by atoms with Gasteiger partial charge in [0.05, 0.1) is 0 Å². The number of rotatable bonds is 4. The molecule has 0 atom stereocenters. The van der Waals surface area contributed by atoms with E-state index in [9.17, 15) is 13.2 Å². The third kappa shape index (κ3) is 2.79. The van der Waals surface area contributed by atoms with Crippen LogP contribution in [0.25, 0.3) is 5.65 Å². The molecule has 0 unspecified atom stereocenters. The molecule has 0 N–H and O–H groups in total. The van der Waals surface area contributed by atoms with E-state index in [0.29, 0.717) is 27.7 Å². The second-order valence-electron chi connectivity index (χ2n) is 7.13. The van der Waals surface area contributed by atoms with Gasteiger partial charge in [-0.05, 0) is 56.9 Å². The van der Waals surface area contributed by atoms with Crippen LogP contribution in [0.15, 0.2) is 10.2 Å². The highest BCUT2D eigenvalue weighted by molar-refractivity contribution is 7.99. The van der Waals surface area contributed by atoms with Gasteiger partial charge in [0, 0.05) is 17.5 Å². The van der Waals surface area contributed by atoms with Crippen molar-refractivity contribution >= 4 is 17.4 Å². The molecule has 0 radical (unpaired) electrons. The van der Waals surface area contributed by atoms with Gasteiger partial charge < -0.3 is 4.57 Å². The lowest BCUT2D eigenvalue weighted by Crippen LogP contribution is -2.13. The fourth-order valence-electron chi connectivity index (χ4n) is 3.12. The molecule has 0 bridgehead atoms. The van der Waals surface area contributed by atoms with Gasteiger partial charge in [-0.25, -0.2) is 0 Å². The summed E-state index contributed by atoms with van der Waals surface area (Å²) in [5.74, 6) is 0.334. The van der Waals surface area contributed by atoms with Crippen molar-refractivity contribution < 1.29 is 13.2 Å². The zero-order chi connectivity index (χ0) is 18.9. The number of halogens is 3. The van der Waals surface area contributed by atoms with Crippen LogP contribution in [0.3, 0.4) is 0 Å². The largest absolute Gasteiger partial charge is 0.453 e. The molecule has 0 aliphatic heterocycles. The Bertz CT molecular complexity index is 1050. The maximum absolute atomic E-state index is 13.2. The van der Waals surface area contributed by atoms with E-state index in [1.54, 1.807) is 6.92 Å². The Morgan fingerprint density at radius 2 is 1.70 bits per heavy atom. The first-order chi connectivity index (χ1) is 12.8. The molecule has 3 aromatic heterocycles. The average Bonchev–Trinajstić information content (AvgIpc) is 3.53. The normalized spacial score (nSPS) is 17.8. The Morgan fingerprint density at radius 3 is 2.33 bits per heavy atom. The summed E-state index contributed by atoms with van der Waals surface area (Å²) < 4.78 is 42.6. The molecule has 2 fully saturated rings. The first kappa shape index (κ1) is 17.0. The average molecular weight is 395 g/mol. The van der Waals surface area contributed by atoms with E-state index in [4.69, 9.17) is 0 Å². The van der Waals surface area contributed by atoms with E-state index >= 15 is 0 Å². The third-order valence-corrected chi connectivity index (χ3v) is 6.08. The molecule has 0 saturated heterocycles. The lowest BCUT2D eigenvalue weighted by Gasteiger charge is -2.11. The molecule has 0 amide bonds. The van der Waals surface area contributed by atoms with Crippen molar-refractivity contribution in [3.05, 3.63) is 22.8 Å². The number of fused-ring (bicyclic) bond motifs is 1. The highest BCUT2D eigenvalue weighted by Gasteiger charge is 2.39. The van der Waals surface area contributed by atoms with Gasteiger partial charge in [-0.1, -0.05) is 0 Å². The third-order valence-electron chi connectivity index (χ3n) is 5.04. The highest BCUT2D eigenvalue weighted by atomic mass is 32.2. The van der Waals surface area contributed by atoms with Gasteiger partial charge in [-0.3, -0.25) is 0 Å². The van der Waals surface area contributed by atoms with Crippen molar-refractivity contribution in [2.45, 2.75) is 67.8 Å². The van der Waals surface area contributed by atoms with Crippen LogP contribution < -0.4 is 0 Å². The van der Waals surface area contributed by atoms with Crippen LogP contribution in [0.1, 0.15) is 60.4 Å². The molecule has 2 aliphatic rings. The molecule has 11 heteroatoms. The second-order valence-corrected chi connectivity index (χ2v) is 8.09. The van der Waals surface area contributed by atoms with Crippen molar-refractivity contribution in [1.29, 1.82) is 0 Å².